The predicted molar refractivity (Wildman–Crippen MR) is 74.6 cm³/mol. The van der Waals surface area contributed by atoms with Crippen molar-refractivity contribution in [3.05, 3.63) is 0 Å². The first-order valence-corrected chi connectivity index (χ1v) is 7.54. The molecule has 116 valence electrons. The number of hydrogen-bond donors (Lipinski definition) is 4. The highest BCUT2D eigenvalue weighted by atomic mass is 32.2. The molecule has 0 aromatic rings. The van der Waals surface area contributed by atoms with Crippen molar-refractivity contribution < 1.29 is 29.7 Å². The fraction of sp³-hybridized carbons (Fsp3) is 0.750. The van der Waals surface area contributed by atoms with Crippen LogP contribution in [-0.4, -0.2) is 57.3 Å². The summed E-state index contributed by atoms with van der Waals surface area (Å²) in [5.41, 5.74) is 0. The lowest BCUT2D eigenvalue weighted by Gasteiger charge is -2.16. The molecule has 0 spiro atoms. The number of hydrogen-bond acceptors (Lipinski definition) is 5. The SMILES string of the molecule is CCCCSCCC(NC(=O)C(CO)C(=O)O)C(=O)O. The number of carboxylic acids is 2. The Morgan fingerprint density at radius 2 is 1.80 bits per heavy atom. The maximum absolute atomic E-state index is 11.5. The third kappa shape index (κ3) is 7.34. The molecule has 8 heteroatoms. The van der Waals surface area contributed by atoms with Crippen LogP contribution in [0.15, 0.2) is 0 Å². The lowest BCUT2D eigenvalue weighted by molar-refractivity contribution is -0.151. The Balaban J connectivity index is 4.29. The van der Waals surface area contributed by atoms with Gasteiger partial charge < -0.3 is 20.6 Å². The monoisotopic (exact) mass is 307 g/mol. The van der Waals surface area contributed by atoms with Gasteiger partial charge in [0.05, 0.1) is 6.61 Å². The van der Waals surface area contributed by atoms with Gasteiger partial charge in [-0.3, -0.25) is 9.59 Å². The molecule has 2 atom stereocenters. The van der Waals surface area contributed by atoms with Gasteiger partial charge in [-0.2, -0.15) is 11.8 Å². The van der Waals surface area contributed by atoms with Gasteiger partial charge in [-0.05, 0) is 24.3 Å². The Bertz CT molecular complexity index is 336. The van der Waals surface area contributed by atoms with Crippen LogP contribution in [0.4, 0.5) is 0 Å². The molecule has 0 aliphatic heterocycles. The maximum atomic E-state index is 11.5. The number of carbonyl (C=O) groups excluding carboxylic acids is 1. The van der Waals surface area contributed by atoms with Crippen LogP contribution in [-0.2, 0) is 14.4 Å². The van der Waals surface area contributed by atoms with Gasteiger partial charge in [0.1, 0.15) is 6.04 Å². The number of unbranched alkanes of at least 4 members (excludes halogenated alkanes) is 1. The number of thioether (sulfide) groups is 1. The van der Waals surface area contributed by atoms with Crippen molar-refractivity contribution in [2.24, 2.45) is 5.92 Å². The molecule has 0 bridgehead atoms. The van der Waals surface area contributed by atoms with E-state index in [4.69, 9.17) is 15.3 Å². The number of aliphatic hydroxyl groups excluding tert-OH is 1. The Morgan fingerprint density at radius 1 is 1.15 bits per heavy atom. The van der Waals surface area contributed by atoms with E-state index in [0.717, 1.165) is 18.6 Å². The molecule has 0 fully saturated rings. The topological polar surface area (TPSA) is 124 Å². The van der Waals surface area contributed by atoms with Gasteiger partial charge >= 0.3 is 11.9 Å². The first-order chi connectivity index (χ1) is 9.43. The number of carbonyl (C=O) groups is 3. The minimum Gasteiger partial charge on any atom is -0.481 e. The minimum atomic E-state index is -1.63. The standard InChI is InChI=1S/C12H21NO6S/c1-2-3-5-20-6-4-9(12(18)19)13-10(15)8(7-14)11(16)17/h8-9,14H,2-7H2,1H3,(H,13,15)(H,16,17)(H,18,19). The van der Waals surface area contributed by atoms with E-state index < -0.39 is 36.4 Å². The molecule has 0 aromatic heterocycles. The van der Waals surface area contributed by atoms with Gasteiger partial charge in [-0.1, -0.05) is 13.3 Å². The van der Waals surface area contributed by atoms with Crippen molar-refractivity contribution in [2.75, 3.05) is 18.1 Å². The highest BCUT2D eigenvalue weighted by Gasteiger charge is 2.29. The highest BCUT2D eigenvalue weighted by Crippen LogP contribution is 2.09. The van der Waals surface area contributed by atoms with Crippen molar-refractivity contribution in [3.63, 3.8) is 0 Å². The van der Waals surface area contributed by atoms with Gasteiger partial charge in [0.2, 0.25) is 5.91 Å². The van der Waals surface area contributed by atoms with Crippen LogP contribution in [0.3, 0.4) is 0 Å². The Labute approximate surface area is 121 Å². The quantitative estimate of drug-likeness (QED) is 0.317. The van der Waals surface area contributed by atoms with Gasteiger partial charge in [0.15, 0.2) is 5.92 Å². The largest absolute Gasteiger partial charge is 0.481 e. The van der Waals surface area contributed by atoms with E-state index in [9.17, 15) is 14.4 Å². The van der Waals surface area contributed by atoms with E-state index in [2.05, 4.69) is 12.2 Å². The maximum Gasteiger partial charge on any atom is 0.326 e. The normalized spacial score (nSPS) is 13.5. The number of aliphatic hydroxyl groups is 1. The molecule has 0 rings (SSSR count). The molecule has 0 aromatic carbocycles. The summed E-state index contributed by atoms with van der Waals surface area (Å²) < 4.78 is 0. The highest BCUT2D eigenvalue weighted by molar-refractivity contribution is 7.99. The lowest BCUT2D eigenvalue weighted by Crippen LogP contribution is -2.46. The summed E-state index contributed by atoms with van der Waals surface area (Å²) in [6.45, 7) is 1.19. The van der Waals surface area contributed by atoms with E-state index in [0.29, 0.717) is 5.75 Å². The van der Waals surface area contributed by atoms with E-state index in [1.54, 1.807) is 11.8 Å². The molecule has 4 N–H and O–H groups in total. The van der Waals surface area contributed by atoms with Crippen LogP contribution in [0.2, 0.25) is 0 Å². The Kier molecular flexibility index (Phi) is 9.83. The van der Waals surface area contributed by atoms with Crippen LogP contribution in [0.1, 0.15) is 26.2 Å². The minimum absolute atomic E-state index is 0.215. The second-order valence-electron chi connectivity index (χ2n) is 4.23. The van der Waals surface area contributed by atoms with Gasteiger partial charge in [-0.15, -0.1) is 0 Å². The Hall–Kier alpha value is -1.28. The first kappa shape index (κ1) is 18.7. The zero-order chi connectivity index (χ0) is 15.5. The fourth-order valence-corrected chi connectivity index (χ4v) is 2.45. The average Bonchev–Trinajstić information content (AvgIpc) is 2.37. The van der Waals surface area contributed by atoms with Crippen molar-refractivity contribution in [1.29, 1.82) is 0 Å². The third-order valence-corrected chi connectivity index (χ3v) is 3.71. The summed E-state index contributed by atoms with van der Waals surface area (Å²) in [5, 5.41) is 28.6. The molecule has 7 nitrogen and oxygen atoms in total. The summed E-state index contributed by atoms with van der Waals surface area (Å²) in [6, 6.07) is -1.13. The average molecular weight is 307 g/mol. The molecular formula is C12H21NO6S. The van der Waals surface area contributed by atoms with E-state index in [-0.39, 0.29) is 6.42 Å². The second kappa shape index (κ2) is 10.5. The Morgan fingerprint density at radius 3 is 2.25 bits per heavy atom. The molecule has 0 radical (unpaired) electrons. The van der Waals surface area contributed by atoms with Crippen molar-refractivity contribution in [1.82, 2.24) is 5.32 Å². The number of aliphatic carboxylic acids is 2. The molecule has 0 aliphatic rings. The zero-order valence-corrected chi connectivity index (χ0v) is 12.2. The fourth-order valence-electron chi connectivity index (χ4n) is 1.35. The van der Waals surface area contributed by atoms with Crippen molar-refractivity contribution >= 4 is 29.6 Å². The molecule has 0 saturated carbocycles. The summed E-state index contributed by atoms with van der Waals surface area (Å²) in [5.74, 6) is -3.82. The number of nitrogens with one attached hydrogen (secondary N) is 1. The van der Waals surface area contributed by atoms with E-state index >= 15 is 0 Å². The molecule has 1 amide bonds. The summed E-state index contributed by atoms with van der Waals surface area (Å²) in [6.07, 6.45) is 2.32. The van der Waals surface area contributed by atoms with Crippen LogP contribution in [0.25, 0.3) is 0 Å². The first-order valence-electron chi connectivity index (χ1n) is 6.38. The molecular weight excluding hydrogens is 286 g/mol. The number of amides is 1. The zero-order valence-electron chi connectivity index (χ0n) is 11.4. The molecule has 0 heterocycles. The van der Waals surface area contributed by atoms with Crippen LogP contribution >= 0.6 is 11.8 Å². The van der Waals surface area contributed by atoms with Gasteiger partial charge in [0, 0.05) is 0 Å². The lowest BCUT2D eigenvalue weighted by atomic mass is 10.1. The summed E-state index contributed by atoms with van der Waals surface area (Å²) in [4.78, 5) is 33.2. The van der Waals surface area contributed by atoms with E-state index in [1.165, 1.54) is 0 Å². The van der Waals surface area contributed by atoms with Crippen molar-refractivity contribution in [2.45, 2.75) is 32.2 Å². The number of rotatable bonds is 11. The molecule has 0 saturated heterocycles. The van der Waals surface area contributed by atoms with E-state index in [1.807, 2.05) is 0 Å². The van der Waals surface area contributed by atoms with Gasteiger partial charge in [-0.25, -0.2) is 4.79 Å². The van der Waals surface area contributed by atoms with Crippen molar-refractivity contribution in [3.8, 4) is 0 Å². The molecule has 2 unspecified atom stereocenters. The van der Waals surface area contributed by atoms with Gasteiger partial charge in [0.25, 0.3) is 0 Å². The summed E-state index contributed by atoms with van der Waals surface area (Å²) >= 11 is 1.59. The smallest absolute Gasteiger partial charge is 0.326 e. The second-order valence-corrected chi connectivity index (χ2v) is 5.45. The van der Waals surface area contributed by atoms with Crippen LogP contribution < -0.4 is 5.32 Å². The van der Waals surface area contributed by atoms with Crippen LogP contribution in [0, 0.1) is 5.92 Å². The molecule has 0 aliphatic carbocycles. The predicted octanol–water partition coefficient (Wildman–Crippen LogP) is 0.172. The summed E-state index contributed by atoms with van der Waals surface area (Å²) in [7, 11) is 0. The van der Waals surface area contributed by atoms with Crippen LogP contribution in [0.5, 0.6) is 0 Å². The third-order valence-electron chi connectivity index (χ3n) is 2.60. The number of carboxylic acid groups (broad SMARTS) is 2. The molecule has 20 heavy (non-hydrogen) atoms.